The van der Waals surface area contributed by atoms with E-state index < -0.39 is 8.07 Å². The Morgan fingerprint density at radius 1 is 1.24 bits per heavy atom. The third-order valence-corrected chi connectivity index (χ3v) is 3.85. The van der Waals surface area contributed by atoms with E-state index in [-0.39, 0.29) is 12.1 Å². The molecule has 3 heteroatoms. The molecule has 0 aliphatic heterocycles. The Morgan fingerprint density at radius 3 is 2.29 bits per heavy atom. The predicted molar refractivity (Wildman–Crippen MR) is 73.3 cm³/mol. The quantitative estimate of drug-likeness (QED) is 0.428. The second-order valence-electron chi connectivity index (χ2n) is 5.95. The lowest BCUT2D eigenvalue weighted by molar-refractivity contribution is -0.146. The van der Waals surface area contributed by atoms with Crippen LogP contribution in [0, 0.1) is 17.4 Å². The van der Waals surface area contributed by atoms with E-state index in [4.69, 9.17) is 4.74 Å². The number of ether oxygens (including phenoxy) is 1. The molecule has 0 heterocycles. The van der Waals surface area contributed by atoms with Gasteiger partial charge in [-0.05, 0) is 12.8 Å². The summed E-state index contributed by atoms with van der Waals surface area (Å²) in [4.78, 5) is 11.1. The van der Waals surface area contributed by atoms with E-state index in [2.05, 4.69) is 31.1 Å². The average Bonchev–Trinajstić information content (AvgIpc) is 2.24. The van der Waals surface area contributed by atoms with Crippen molar-refractivity contribution in [2.45, 2.75) is 64.8 Å². The molecule has 0 aromatic rings. The largest absolute Gasteiger partial charge is 0.449 e. The van der Waals surface area contributed by atoms with Gasteiger partial charge < -0.3 is 4.74 Å². The topological polar surface area (TPSA) is 26.3 Å². The predicted octanol–water partition coefficient (Wildman–Crippen LogP) is 3.38. The average molecular weight is 252 g/mol. The van der Waals surface area contributed by atoms with Crippen LogP contribution >= 0.6 is 0 Å². The monoisotopic (exact) mass is 252 g/mol. The van der Waals surface area contributed by atoms with Crippen LogP contribution in [-0.4, -0.2) is 20.1 Å². The van der Waals surface area contributed by atoms with Crippen molar-refractivity contribution in [2.75, 3.05) is 0 Å². The second-order valence-corrected chi connectivity index (χ2v) is 10.7. The van der Waals surface area contributed by atoms with Crippen LogP contribution in [0.3, 0.4) is 0 Å². The Bertz CT molecular complexity index is 313. The van der Waals surface area contributed by atoms with Gasteiger partial charge in [-0.3, -0.25) is 4.79 Å². The van der Waals surface area contributed by atoms with Crippen molar-refractivity contribution < 1.29 is 9.53 Å². The second kappa shape index (κ2) is 6.25. The molecule has 1 unspecified atom stereocenters. The molecule has 0 aromatic heterocycles. The van der Waals surface area contributed by atoms with Gasteiger partial charge in [-0.15, -0.1) is 5.54 Å². The highest BCUT2D eigenvalue weighted by molar-refractivity contribution is 6.83. The van der Waals surface area contributed by atoms with E-state index in [1.54, 1.807) is 0 Å². The first-order valence-electron chi connectivity index (χ1n) is 6.58. The first-order chi connectivity index (χ1) is 7.88. The summed E-state index contributed by atoms with van der Waals surface area (Å²) in [6.45, 7) is 8.12. The van der Waals surface area contributed by atoms with E-state index in [1.807, 2.05) is 0 Å². The van der Waals surface area contributed by atoms with Crippen molar-refractivity contribution in [2.24, 2.45) is 5.92 Å². The standard InChI is InChI=1S/C14H24O2Si/c1-12(15)16-14(10-11-17(2,3)4)13-8-6-5-7-9-13/h13-14H,5-9H2,1-4H3. The van der Waals surface area contributed by atoms with Crippen LogP contribution in [0.5, 0.6) is 0 Å². The summed E-state index contributed by atoms with van der Waals surface area (Å²) in [5, 5.41) is 0. The SMILES string of the molecule is CC(=O)OC(C#C[Si](C)(C)C)C1CCCCC1. The number of carbonyl (C=O) groups excluding carboxylic acids is 1. The summed E-state index contributed by atoms with van der Waals surface area (Å²) in [6.07, 6.45) is 5.94. The third kappa shape index (κ3) is 5.93. The molecule has 1 fully saturated rings. The van der Waals surface area contributed by atoms with Crippen LogP contribution in [0.2, 0.25) is 19.6 Å². The zero-order valence-corrected chi connectivity index (χ0v) is 12.5. The minimum Gasteiger partial charge on any atom is -0.449 e. The molecule has 0 saturated heterocycles. The Balaban J connectivity index is 2.71. The van der Waals surface area contributed by atoms with Crippen molar-refractivity contribution in [3.8, 4) is 11.5 Å². The van der Waals surface area contributed by atoms with Gasteiger partial charge in [0.25, 0.3) is 0 Å². The maximum absolute atomic E-state index is 11.1. The lowest BCUT2D eigenvalue weighted by Gasteiger charge is -2.26. The molecular formula is C14H24O2Si. The minimum atomic E-state index is -1.39. The molecule has 0 radical (unpaired) electrons. The molecule has 96 valence electrons. The molecular weight excluding hydrogens is 228 g/mol. The van der Waals surface area contributed by atoms with Crippen molar-refractivity contribution >= 4 is 14.0 Å². The van der Waals surface area contributed by atoms with Gasteiger partial charge in [0.15, 0.2) is 6.10 Å². The highest BCUT2D eigenvalue weighted by Gasteiger charge is 2.24. The summed E-state index contributed by atoms with van der Waals surface area (Å²) in [5.74, 6) is 3.48. The molecule has 0 N–H and O–H groups in total. The van der Waals surface area contributed by atoms with E-state index in [0.717, 1.165) is 12.8 Å². The van der Waals surface area contributed by atoms with Crippen LogP contribution in [-0.2, 0) is 9.53 Å². The van der Waals surface area contributed by atoms with Gasteiger partial charge >= 0.3 is 5.97 Å². The van der Waals surface area contributed by atoms with Crippen molar-refractivity contribution in [3.05, 3.63) is 0 Å². The highest BCUT2D eigenvalue weighted by Crippen LogP contribution is 2.27. The third-order valence-electron chi connectivity index (χ3n) is 2.96. The number of hydrogen-bond acceptors (Lipinski definition) is 2. The maximum Gasteiger partial charge on any atom is 0.303 e. The summed E-state index contributed by atoms with van der Waals surface area (Å²) in [6, 6.07) is 0. The molecule has 1 rings (SSSR count). The molecule has 1 saturated carbocycles. The van der Waals surface area contributed by atoms with Gasteiger partial charge in [0.1, 0.15) is 8.07 Å². The molecule has 1 aliphatic carbocycles. The van der Waals surface area contributed by atoms with Crippen LogP contribution in [0.1, 0.15) is 39.0 Å². The number of carbonyl (C=O) groups is 1. The minimum absolute atomic E-state index is 0.167. The lowest BCUT2D eigenvalue weighted by Crippen LogP contribution is -2.28. The van der Waals surface area contributed by atoms with Gasteiger partial charge in [0.2, 0.25) is 0 Å². The van der Waals surface area contributed by atoms with Gasteiger partial charge in [-0.1, -0.05) is 44.8 Å². The van der Waals surface area contributed by atoms with E-state index >= 15 is 0 Å². The Morgan fingerprint density at radius 2 is 1.82 bits per heavy atom. The molecule has 0 aromatic carbocycles. The summed E-state index contributed by atoms with van der Waals surface area (Å²) in [5.41, 5.74) is 3.34. The first-order valence-corrected chi connectivity index (χ1v) is 10.1. The van der Waals surface area contributed by atoms with Gasteiger partial charge in [-0.25, -0.2) is 0 Å². The van der Waals surface area contributed by atoms with Crippen molar-refractivity contribution in [1.29, 1.82) is 0 Å². The van der Waals surface area contributed by atoms with E-state index in [9.17, 15) is 4.79 Å². The Labute approximate surface area is 106 Å². The zero-order valence-electron chi connectivity index (χ0n) is 11.5. The van der Waals surface area contributed by atoms with E-state index in [0.29, 0.717) is 5.92 Å². The van der Waals surface area contributed by atoms with Gasteiger partial charge in [0.05, 0.1) is 0 Å². The van der Waals surface area contributed by atoms with Crippen LogP contribution in [0.15, 0.2) is 0 Å². The normalized spacial score (nSPS) is 19.1. The smallest absolute Gasteiger partial charge is 0.303 e. The van der Waals surface area contributed by atoms with Crippen LogP contribution in [0.4, 0.5) is 0 Å². The number of hydrogen-bond donors (Lipinski definition) is 0. The van der Waals surface area contributed by atoms with Crippen LogP contribution in [0.25, 0.3) is 0 Å². The van der Waals surface area contributed by atoms with Crippen LogP contribution < -0.4 is 0 Å². The first kappa shape index (κ1) is 14.3. The highest BCUT2D eigenvalue weighted by atomic mass is 28.3. The Kier molecular flexibility index (Phi) is 5.26. The molecule has 0 spiro atoms. The zero-order chi connectivity index (χ0) is 12.9. The fraction of sp³-hybridized carbons (Fsp3) is 0.786. The molecule has 17 heavy (non-hydrogen) atoms. The lowest BCUT2D eigenvalue weighted by atomic mass is 9.85. The molecule has 1 atom stereocenters. The van der Waals surface area contributed by atoms with E-state index in [1.165, 1.54) is 26.2 Å². The fourth-order valence-corrected chi connectivity index (χ4v) is 2.72. The number of esters is 1. The van der Waals surface area contributed by atoms with Crippen molar-refractivity contribution in [1.82, 2.24) is 0 Å². The summed E-state index contributed by atoms with van der Waals surface area (Å²) < 4.78 is 5.39. The Hall–Kier alpha value is -0.753. The summed E-state index contributed by atoms with van der Waals surface area (Å²) >= 11 is 0. The fourth-order valence-electron chi connectivity index (χ4n) is 2.15. The van der Waals surface area contributed by atoms with Gasteiger partial charge in [-0.2, -0.15) is 0 Å². The number of rotatable bonds is 2. The van der Waals surface area contributed by atoms with Gasteiger partial charge in [0, 0.05) is 12.8 Å². The maximum atomic E-state index is 11.1. The van der Waals surface area contributed by atoms with Crippen molar-refractivity contribution in [3.63, 3.8) is 0 Å². The summed E-state index contributed by atoms with van der Waals surface area (Å²) in [7, 11) is -1.39. The molecule has 0 amide bonds. The molecule has 1 aliphatic rings. The molecule has 0 bridgehead atoms. The molecule has 2 nitrogen and oxygen atoms in total.